The van der Waals surface area contributed by atoms with Crippen LogP contribution in [-0.2, 0) is 16.1 Å². The Bertz CT molecular complexity index is 620. The van der Waals surface area contributed by atoms with Crippen LogP contribution in [0.3, 0.4) is 0 Å². The van der Waals surface area contributed by atoms with Gasteiger partial charge < -0.3 is 10.1 Å². The number of fused-ring (bicyclic) bond motifs is 1. The minimum atomic E-state index is -0.225. The fourth-order valence-electron chi connectivity index (χ4n) is 1.62. The van der Waals surface area contributed by atoms with Crippen molar-refractivity contribution in [2.24, 2.45) is 0 Å². The Balaban J connectivity index is 1.88. The SMILES string of the molecule is CCOC(=O)CCNCc1cc(=O)n2ccsc2n1. The van der Waals surface area contributed by atoms with Gasteiger partial charge in [-0.25, -0.2) is 4.98 Å². The van der Waals surface area contributed by atoms with Gasteiger partial charge in [-0.2, -0.15) is 0 Å². The highest BCUT2D eigenvalue weighted by Crippen LogP contribution is 2.06. The first kappa shape index (κ1) is 13.7. The highest BCUT2D eigenvalue weighted by atomic mass is 32.1. The van der Waals surface area contributed by atoms with Crippen molar-refractivity contribution in [3.05, 3.63) is 33.7 Å². The summed E-state index contributed by atoms with van der Waals surface area (Å²) in [6, 6.07) is 1.50. The van der Waals surface area contributed by atoms with E-state index in [-0.39, 0.29) is 11.5 Å². The first-order valence-electron chi connectivity index (χ1n) is 6.03. The van der Waals surface area contributed by atoms with Gasteiger partial charge >= 0.3 is 5.97 Å². The third-order valence-electron chi connectivity index (χ3n) is 2.47. The molecule has 0 aliphatic carbocycles. The van der Waals surface area contributed by atoms with Gasteiger partial charge in [-0.1, -0.05) is 0 Å². The van der Waals surface area contributed by atoms with Crippen molar-refractivity contribution in [1.82, 2.24) is 14.7 Å². The van der Waals surface area contributed by atoms with Gasteiger partial charge in [-0.15, -0.1) is 11.3 Å². The first-order chi connectivity index (χ1) is 9.20. The van der Waals surface area contributed by atoms with Crippen LogP contribution >= 0.6 is 11.3 Å². The van der Waals surface area contributed by atoms with E-state index in [0.29, 0.717) is 36.8 Å². The molecule has 2 heterocycles. The van der Waals surface area contributed by atoms with Crippen LogP contribution in [0.15, 0.2) is 22.4 Å². The number of hydrogen-bond acceptors (Lipinski definition) is 6. The maximum Gasteiger partial charge on any atom is 0.307 e. The molecule has 0 aliphatic heterocycles. The molecule has 2 aromatic rings. The summed E-state index contributed by atoms with van der Waals surface area (Å²) in [5.74, 6) is -0.225. The number of carbonyl (C=O) groups excluding carboxylic acids is 1. The van der Waals surface area contributed by atoms with Crippen LogP contribution in [0.25, 0.3) is 4.96 Å². The van der Waals surface area contributed by atoms with Gasteiger partial charge in [0, 0.05) is 30.7 Å². The number of ether oxygens (including phenoxy) is 1. The number of nitrogens with one attached hydrogen (secondary N) is 1. The van der Waals surface area contributed by atoms with Crippen molar-refractivity contribution in [2.45, 2.75) is 19.9 Å². The smallest absolute Gasteiger partial charge is 0.307 e. The molecule has 0 saturated heterocycles. The van der Waals surface area contributed by atoms with E-state index in [4.69, 9.17) is 4.74 Å². The predicted molar refractivity (Wildman–Crippen MR) is 72.3 cm³/mol. The van der Waals surface area contributed by atoms with Crippen LogP contribution in [0, 0.1) is 0 Å². The summed E-state index contributed by atoms with van der Waals surface area (Å²) < 4.78 is 6.32. The van der Waals surface area contributed by atoms with Gasteiger partial charge in [0.2, 0.25) is 0 Å². The van der Waals surface area contributed by atoms with Crippen molar-refractivity contribution in [2.75, 3.05) is 13.2 Å². The fourth-order valence-corrected chi connectivity index (χ4v) is 2.36. The van der Waals surface area contributed by atoms with Crippen LogP contribution in [0.2, 0.25) is 0 Å². The second-order valence-corrected chi connectivity index (χ2v) is 4.75. The third-order valence-corrected chi connectivity index (χ3v) is 3.23. The zero-order valence-electron chi connectivity index (χ0n) is 10.6. The summed E-state index contributed by atoms with van der Waals surface area (Å²) in [5, 5.41) is 4.89. The molecule has 0 saturated carbocycles. The Morgan fingerprint density at radius 1 is 1.58 bits per heavy atom. The molecular weight excluding hydrogens is 266 g/mol. The van der Waals surface area contributed by atoms with Gasteiger partial charge in [0.25, 0.3) is 5.56 Å². The normalized spacial score (nSPS) is 10.8. The maximum atomic E-state index is 11.7. The number of rotatable bonds is 6. The van der Waals surface area contributed by atoms with Gasteiger partial charge in [0.05, 0.1) is 18.7 Å². The van der Waals surface area contributed by atoms with E-state index in [2.05, 4.69) is 10.3 Å². The van der Waals surface area contributed by atoms with E-state index in [1.807, 2.05) is 5.38 Å². The molecule has 0 amide bonds. The third kappa shape index (κ3) is 3.62. The zero-order chi connectivity index (χ0) is 13.7. The Morgan fingerprint density at radius 2 is 2.42 bits per heavy atom. The van der Waals surface area contributed by atoms with Crippen molar-refractivity contribution in [3.63, 3.8) is 0 Å². The van der Waals surface area contributed by atoms with E-state index >= 15 is 0 Å². The monoisotopic (exact) mass is 281 g/mol. The van der Waals surface area contributed by atoms with Gasteiger partial charge in [0.1, 0.15) is 0 Å². The summed E-state index contributed by atoms with van der Waals surface area (Å²) in [6.45, 7) is 3.14. The van der Waals surface area contributed by atoms with Crippen LogP contribution in [0.5, 0.6) is 0 Å². The topological polar surface area (TPSA) is 72.7 Å². The molecule has 2 rings (SSSR count). The minimum Gasteiger partial charge on any atom is -0.466 e. The number of esters is 1. The lowest BCUT2D eigenvalue weighted by atomic mass is 10.3. The molecule has 19 heavy (non-hydrogen) atoms. The summed E-state index contributed by atoms with van der Waals surface area (Å²) in [4.78, 5) is 27.9. The quantitative estimate of drug-likeness (QED) is 0.626. The molecule has 0 spiro atoms. The van der Waals surface area contributed by atoms with Crippen molar-refractivity contribution >= 4 is 22.3 Å². The van der Waals surface area contributed by atoms with E-state index in [0.717, 1.165) is 0 Å². The second-order valence-electron chi connectivity index (χ2n) is 3.87. The first-order valence-corrected chi connectivity index (χ1v) is 6.91. The number of aromatic nitrogens is 2. The number of nitrogens with zero attached hydrogens (tertiary/aromatic N) is 2. The van der Waals surface area contributed by atoms with Gasteiger partial charge in [-0.05, 0) is 6.92 Å². The van der Waals surface area contributed by atoms with Crippen molar-refractivity contribution in [1.29, 1.82) is 0 Å². The maximum absolute atomic E-state index is 11.7. The summed E-state index contributed by atoms with van der Waals surface area (Å²) in [7, 11) is 0. The average molecular weight is 281 g/mol. The highest BCUT2D eigenvalue weighted by molar-refractivity contribution is 7.15. The second kappa shape index (κ2) is 6.44. The largest absolute Gasteiger partial charge is 0.466 e. The number of carbonyl (C=O) groups is 1. The molecule has 0 radical (unpaired) electrons. The van der Waals surface area contributed by atoms with Gasteiger partial charge in [0.15, 0.2) is 4.96 Å². The summed E-state index contributed by atoms with van der Waals surface area (Å²) in [6.07, 6.45) is 2.02. The van der Waals surface area contributed by atoms with Crippen molar-refractivity contribution < 1.29 is 9.53 Å². The number of thiazole rings is 1. The zero-order valence-corrected chi connectivity index (χ0v) is 11.4. The molecule has 0 unspecified atom stereocenters. The molecule has 7 heteroatoms. The van der Waals surface area contributed by atoms with Crippen LogP contribution in [0.1, 0.15) is 19.0 Å². The molecule has 0 bridgehead atoms. The molecule has 0 atom stereocenters. The molecule has 0 aromatic carbocycles. The Kier molecular flexibility index (Phi) is 4.64. The van der Waals surface area contributed by atoms with Crippen LogP contribution in [0.4, 0.5) is 0 Å². The standard InChI is InChI=1S/C12H15N3O3S/c1-2-18-11(17)3-4-13-8-9-7-10(16)15-5-6-19-12(15)14-9/h5-7,13H,2-4,8H2,1H3. The van der Waals surface area contributed by atoms with Crippen molar-refractivity contribution in [3.8, 4) is 0 Å². The molecular formula is C12H15N3O3S. The summed E-state index contributed by atoms with van der Waals surface area (Å²) in [5.41, 5.74) is 0.588. The highest BCUT2D eigenvalue weighted by Gasteiger charge is 2.04. The molecule has 6 nitrogen and oxygen atoms in total. The van der Waals surface area contributed by atoms with Gasteiger partial charge in [-0.3, -0.25) is 14.0 Å². The summed E-state index contributed by atoms with van der Waals surface area (Å²) >= 11 is 1.42. The van der Waals surface area contributed by atoms with E-state index in [1.54, 1.807) is 13.1 Å². The van der Waals surface area contributed by atoms with Crippen LogP contribution in [-0.4, -0.2) is 28.5 Å². The van der Waals surface area contributed by atoms with Crippen LogP contribution < -0.4 is 10.9 Å². The molecule has 0 fully saturated rings. The van der Waals surface area contributed by atoms with E-state index in [9.17, 15) is 9.59 Å². The molecule has 102 valence electrons. The molecule has 2 aromatic heterocycles. The minimum absolute atomic E-state index is 0.0894. The lowest BCUT2D eigenvalue weighted by molar-refractivity contribution is -0.142. The lowest BCUT2D eigenvalue weighted by Crippen LogP contribution is -2.21. The number of hydrogen-bond donors (Lipinski definition) is 1. The predicted octanol–water partition coefficient (Wildman–Crippen LogP) is 0.799. The Morgan fingerprint density at radius 3 is 3.21 bits per heavy atom. The Hall–Kier alpha value is -1.73. The Labute approximate surface area is 114 Å². The van der Waals surface area contributed by atoms with E-state index < -0.39 is 0 Å². The molecule has 0 aliphatic rings. The lowest BCUT2D eigenvalue weighted by Gasteiger charge is -2.04. The molecule has 1 N–H and O–H groups in total. The average Bonchev–Trinajstić information content (AvgIpc) is 2.84. The van der Waals surface area contributed by atoms with E-state index in [1.165, 1.54) is 21.8 Å². The fraction of sp³-hybridized carbons (Fsp3) is 0.417.